The Labute approximate surface area is 170 Å². The monoisotopic (exact) mass is 396 g/mol. The predicted octanol–water partition coefficient (Wildman–Crippen LogP) is 4.65. The summed E-state index contributed by atoms with van der Waals surface area (Å²) < 4.78 is 0. The maximum absolute atomic E-state index is 12.9. The van der Waals surface area contributed by atoms with Gasteiger partial charge in [-0.15, -0.1) is 0 Å². The average molecular weight is 397 g/mol. The smallest absolute Gasteiger partial charge is 0.254 e. The van der Waals surface area contributed by atoms with Crippen LogP contribution in [0.2, 0.25) is 5.02 Å². The first-order valence-corrected chi connectivity index (χ1v) is 10.1. The number of aromatic amines is 1. The first kappa shape index (κ1) is 19.0. The molecule has 0 bridgehead atoms. The Morgan fingerprint density at radius 2 is 1.93 bits per heavy atom. The van der Waals surface area contributed by atoms with Gasteiger partial charge in [0.2, 0.25) is 0 Å². The lowest BCUT2D eigenvalue weighted by Gasteiger charge is -2.23. The van der Waals surface area contributed by atoms with Crippen LogP contribution < -0.4 is 0 Å². The third kappa shape index (κ3) is 3.91. The van der Waals surface area contributed by atoms with E-state index >= 15 is 0 Å². The van der Waals surface area contributed by atoms with Gasteiger partial charge in [-0.3, -0.25) is 9.69 Å². The minimum atomic E-state index is -0.178. The zero-order valence-electron chi connectivity index (χ0n) is 16.3. The minimum absolute atomic E-state index is 0.0151. The molecule has 0 saturated carbocycles. The van der Waals surface area contributed by atoms with E-state index in [1.54, 1.807) is 4.90 Å². The van der Waals surface area contributed by atoms with Gasteiger partial charge in [0.1, 0.15) is 5.82 Å². The third-order valence-corrected chi connectivity index (χ3v) is 5.80. The maximum Gasteiger partial charge on any atom is 0.254 e. The second-order valence-corrected chi connectivity index (χ2v) is 7.99. The highest BCUT2D eigenvalue weighted by Gasteiger charge is 2.22. The van der Waals surface area contributed by atoms with Gasteiger partial charge in [-0.05, 0) is 68.8 Å². The van der Waals surface area contributed by atoms with Gasteiger partial charge in [-0.1, -0.05) is 23.7 Å². The summed E-state index contributed by atoms with van der Waals surface area (Å²) in [6, 6.07) is 13.3. The molecular weight excluding hydrogens is 372 g/mol. The standard InChI is InChI=1S/C22H25ClN4O/c1-15(21-24-19-10-9-18(23)13-20(19)25-21)26(2)22(28)17-7-5-16(6-8-17)14-27-11-3-4-12-27/h5-10,13,15H,3-4,11-12,14H2,1-2H3,(H,24,25). The number of benzene rings is 2. The molecule has 0 spiro atoms. The van der Waals surface area contributed by atoms with Gasteiger partial charge >= 0.3 is 0 Å². The molecule has 2 heterocycles. The van der Waals surface area contributed by atoms with Crippen molar-refractivity contribution < 1.29 is 4.79 Å². The Hall–Kier alpha value is -2.37. The van der Waals surface area contributed by atoms with Crippen molar-refractivity contribution in [2.45, 2.75) is 32.4 Å². The van der Waals surface area contributed by atoms with Crippen LogP contribution in [0.3, 0.4) is 0 Å². The van der Waals surface area contributed by atoms with E-state index in [4.69, 9.17) is 11.6 Å². The zero-order chi connectivity index (χ0) is 19.7. The number of carbonyl (C=O) groups excluding carboxylic acids is 1. The number of rotatable bonds is 5. The molecule has 1 amide bonds. The largest absolute Gasteiger partial charge is 0.340 e. The summed E-state index contributed by atoms with van der Waals surface area (Å²) in [5.74, 6) is 0.734. The number of carbonyl (C=O) groups is 1. The van der Waals surface area contributed by atoms with Crippen molar-refractivity contribution >= 4 is 28.5 Å². The summed E-state index contributed by atoms with van der Waals surface area (Å²) in [5.41, 5.74) is 3.67. The van der Waals surface area contributed by atoms with E-state index in [2.05, 4.69) is 27.0 Å². The molecule has 0 radical (unpaired) electrons. The van der Waals surface area contributed by atoms with E-state index in [0.717, 1.165) is 23.4 Å². The molecular formula is C22H25ClN4O. The van der Waals surface area contributed by atoms with Crippen molar-refractivity contribution in [2.24, 2.45) is 0 Å². The van der Waals surface area contributed by atoms with Crippen molar-refractivity contribution in [3.63, 3.8) is 0 Å². The Kier molecular flexibility index (Phi) is 5.38. The Balaban J connectivity index is 1.46. The fraction of sp³-hybridized carbons (Fsp3) is 0.364. The van der Waals surface area contributed by atoms with Gasteiger partial charge in [0.25, 0.3) is 5.91 Å². The number of likely N-dealkylation sites (tertiary alicyclic amines) is 1. The zero-order valence-corrected chi connectivity index (χ0v) is 17.0. The number of hydrogen-bond donors (Lipinski definition) is 1. The SMILES string of the molecule is CC(c1nc2ccc(Cl)cc2[nH]1)N(C)C(=O)c1ccc(CN2CCCC2)cc1. The molecule has 5 nitrogen and oxygen atoms in total. The number of aromatic nitrogens is 2. The topological polar surface area (TPSA) is 52.2 Å². The van der Waals surface area contributed by atoms with Crippen LogP contribution in [0.15, 0.2) is 42.5 Å². The second-order valence-electron chi connectivity index (χ2n) is 7.56. The van der Waals surface area contributed by atoms with E-state index in [1.807, 2.05) is 44.3 Å². The van der Waals surface area contributed by atoms with Gasteiger partial charge in [0.15, 0.2) is 0 Å². The van der Waals surface area contributed by atoms with Crippen molar-refractivity contribution in [1.82, 2.24) is 19.8 Å². The number of nitrogens with zero attached hydrogens (tertiary/aromatic N) is 3. The summed E-state index contributed by atoms with van der Waals surface area (Å²) in [5, 5.41) is 0.661. The van der Waals surface area contributed by atoms with Gasteiger partial charge in [-0.2, -0.15) is 0 Å². The summed E-state index contributed by atoms with van der Waals surface area (Å²) in [7, 11) is 1.81. The Morgan fingerprint density at radius 3 is 2.64 bits per heavy atom. The highest BCUT2D eigenvalue weighted by atomic mass is 35.5. The van der Waals surface area contributed by atoms with Crippen molar-refractivity contribution in [3.05, 3.63) is 64.4 Å². The molecule has 146 valence electrons. The van der Waals surface area contributed by atoms with Crippen LogP contribution in [0.1, 0.15) is 47.6 Å². The van der Waals surface area contributed by atoms with Crippen molar-refractivity contribution in [2.75, 3.05) is 20.1 Å². The highest BCUT2D eigenvalue weighted by molar-refractivity contribution is 6.31. The lowest BCUT2D eigenvalue weighted by atomic mass is 10.1. The number of nitrogens with one attached hydrogen (secondary N) is 1. The highest BCUT2D eigenvalue weighted by Crippen LogP contribution is 2.24. The molecule has 1 atom stereocenters. The van der Waals surface area contributed by atoms with Crippen LogP contribution in [0, 0.1) is 0 Å². The van der Waals surface area contributed by atoms with Gasteiger partial charge < -0.3 is 9.88 Å². The minimum Gasteiger partial charge on any atom is -0.340 e. The lowest BCUT2D eigenvalue weighted by molar-refractivity contribution is 0.0737. The van der Waals surface area contributed by atoms with E-state index in [-0.39, 0.29) is 11.9 Å². The molecule has 1 fully saturated rings. The number of imidazole rings is 1. The average Bonchev–Trinajstić information content (AvgIpc) is 3.36. The molecule has 1 N–H and O–H groups in total. The summed E-state index contributed by atoms with van der Waals surface area (Å²) >= 11 is 6.05. The second kappa shape index (κ2) is 7.94. The number of H-pyrrole nitrogens is 1. The number of amides is 1. The van der Waals surface area contributed by atoms with Crippen LogP contribution in [0.25, 0.3) is 11.0 Å². The summed E-state index contributed by atoms with van der Waals surface area (Å²) in [4.78, 5) is 25.0. The van der Waals surface area contributed by atoms with Crippen LogP contribution in [0.4, 0.5) is 0 Å². The quantitative estimate of drug-likeness (QED) is 0.683. The van der Waals surface area contributed by atoms with Gasteiger partial charge in [0, 0.05) is 24.2 Å². The number of halogens is 1. The van der Waals surface area contributed by atoms with E-state index in [9.17, 15) is 4.79 Å². The predicted molar refractivity (Wildman–Crippen MR) is 113 cm³/mol. The molecule has 3 aromatic rings. The maximum atomic E-state index is 12.9. The van der Waals surface area contributed by atoms with E-state index in [0.29, 0.717) is 10.6 Å². The molecule has 1 unspecified atom stereocenters. The first-order chi connectivity index (χ1) is 13.5. The third-order valence-electron chi connectivity index (χ3n) is 5.57. The van der Waals surface area contributed by atoms with Crippen LogP contribution in [-0.4, -0.2) is 45.8 Å². The number of fused-ring (bicyclic) bond motifs is 1. The molecule has 1 saturated heterocycles. The van der Waals surface area contributed by atoms with Crippen molar-refractivity contribution in [1.29, 1.82) is 0 Å². The molecule has 1 aromatic heterocycles. The Morgan fingerprint density at radius 1 is 1.21 bits per heavy atom. The van der Waals surface area contributed by atoms with E-state index in [1.165, 1.54) is 31.5 Å². The molecule has 2 aromatic carbocycles. The van der Waals surface area contributed by atoms with E-state index < -0.39 is 0 Å². The normalized spacial score (nSPS) is 15.8. The van der Waals surface area contributed by atoms with Crippen LogP contribution >= 0.6 is 11.6 Å². The summed E-state index contributed by atoms with van der Waals surface area (Å²) in [6.07, 6.45) is 2.57. The van der Waals surface area contributed by atoms with Crippen molar-refractivity contribution in [3.8, 4) is 0 Å². The molecule has 1 aliphatic heterocycles. The van der Waals surface area contributed by atoms with Gasteiger partial charge in [-0.25, -0.2) is 4.98 Å². The molecule has 0 aliphatic carbocycles. The summed E-state index contributed by atoms with van der Waals surface area (Å²) in [6.45, 7) is 5.27. The fourth-order valence-electron chi connectivity index (χ4n) is 3.71. The first-order valence-electron chi connectivity index (χ1n) is 9.75. The molecule has 1 aliphatic rings. The molecule has 4 rings (SSSR count). The Bertz CT molecular complexity index is 976. The van der Waals surface area contributed by atoms with Crippen LogP contribution in [-0.2, 0) is 6.54 Å². The lowest BCUT2D eigenvalue weighted by Crippen LogP contribution is -2.30. The molecule has 28 heavy (non-hydrogen) atoms. The molecule has 6 heteroatoms. The number of hydrogen-bond acceptors (Lipinski definition) is 3. The van der Waals surface area contributed by atoms with Gasteiger partial charge in [0.05, 0.1) is 17.1 Å². The fourth-order valence-corrected chi connectivity index (χ4v) is 3.89. The van der Waals surface area contributed by atoms with Crippen LogP contribution in [0.5, 0.6) is 0 Å².